The maximum atomic E-state index is 6.11. The van der Waals surface area contributed by atoms with Gasteiger partial charge in [-0.15, -0.1) is 0 Å². The molecule has 0 atom stereocenters. The highest BCUT2D eigenvalue weighted by atomic mass is 35.5. The fraction of sp³-hybridized carbons (Fsp3) is 0.130. The predicted octanol–water partition coefficient (Wildman–Crippen LogP) is 6.07. The Morgan fingerprint density at radius 3 is 2.21 bits per heavy atom. The number of hydrogen-bond donors (Lipinski definition) is 0. The van der Waals surface area contributed by atoms with E-state index in [-0.39, 0.29) is 0 Å². The molecule has 0 aliphatic rings. The standard InChI is InChI=1S/C23H19ClN2O3/c1-14-4-10-19(23(25-14)15-5-8-17(24)9-6-15)29-22-11-7-16-12-20(27-2)21(28-3)13-18(16)26-22/h4-13H,1-3H3. The summed E-state index contributed by atoms with van der Waals surface area (Å²) < 4.78 is 16.8. The molecule has 0 bridgehead atoms. The smallest absolute Gasteiger partial charge is 0.219 e. The van der Waals surface area contributed by atoms with Gasteiger partial charge >= 0.3 is 0 Å². The zero-order valence-electron chi connectivity index (χ0n) is 16.3. The molecule has 4 rings (SSSR count). The van der Waals surface area contributed by atoms with Gasteiger partial charge in [0.05, 0.1) is 19.7 Å². The first-order chi connectivity index (χ1) is 14.1. The molecular formula is C23H19ClN2O3. The Balaban J connectivity index is 1.74. The number of fused-ring (bicyclic) bond motifs is 1. The van der Waals surface area contributed by atoms with E-state index in [0.717, 1.165) is 27.9 Å². The average Bonchev–Trinajstić information content (AvgIpc) is 2.74. The van der Waals surface area contributed by atoms with Gasteiger partial charge in [0.1, 0.15) is 5.69 Å². The van der Waals surface area contributed by atoms with Crippen LogP contribution in [0, 0.1) is 6.92 Å². The van der Waals surface area contributed by atoms with E-state index in [1.807, 2.05) is 67.6 Å². The number of pyridine rings is 2. The van der Waals surface area contributed by atoms with Gasteiger partial charge in [0.15, 0.2) is 17.2 Å². The molecule has 6 heteroatoms. The fourth-order valence-electron chi connectivity index (χ4n) is 3.04. The monoisotopic (exact) mass is 406 g/mol. The van der Waals surface area contributed by atoms with E-state index in [0.29, 0.717) is 28.2 Å². The summed E-state index contributed by atoms with van der Waals surface area (Å²) >= 11 is 6.02. The largest absolute Gasteiger partial charge is 0.493 e. The van der Waals surface area contributed by atoms with Gasteiger partial charge in [0, 0.05) is 33.8 Å². The highest BCUT2D eigenvalue weighted by Gasteiger charge is 2.12. The normalized spacial score (nSPS) is 10.8. The Morgan fingerprint density at radius 1 is 0.759 bits per heavy atom. The van der Waals surface area contributed by atoms with Crippen LogP contribution in [0.2, 0.25) is 5.02 Å². The van der Waals surface area contributed by atoms with Crippen LogP contribution in [0.15, 0.2) is 60.7 Å². The molecule has 0 saturated carbocycles. The third kappa shape index (κ3) is 3.96. The Morgan fingerprint density at radius 2 is 1.48 bits per heavy atom. The molecule has 2 heterocycles. The van der Waals surface area contributed by atoms with Crippen LogP contribution in [0.4, 0.5) is 0 Å². The third-order valence-corrected chi connectivity index (χ3v) is 4.75. The van der Waals surface area contributed by atoms with E-state index in [1.54, 1.807) is 14.2 Å². The highest BCUT2D eigenvalue weighted by molar-refractivity contribution is 6.30. The minimum Gasteiger partial charge on any atom is -0.493 e. The minimum atomic E-state index is 0.464. The molecule has 0 spiro atoms. The molecule has 0 fully saturated rings. The summed E-state index contributed by atoms with van der Waals surface area (Å²) in [6.07, 6.45) is 0. The van der Waals surface area contributed by atoms with Gasteiger partial charge in [-0.2, -0.15) is 0 Å². The Labute approximate surface area is 173 Å². The lowest BCUT2D eigenvalue weighted by Crippen LogP contribution is -1.96. The first-order valence-electron chi connectivity index (χ1n) is 9.01. The number of aryl methyl sites for hydroxylation is 1. The molecule has 4 aromatic rings. The number of rotatable bonds is 5. The van der Waals surface area contributed by atoms with Gasteiger partial charge in [-0.25, -0.2) is 9.97 Å². The van der Waals surface area contributed by atoms with Crippen LogP contribution >= 0.6 is 11.6 Å². The van der Waals surface area contributed by atoms with Crippen molar-refractivity contribution in [1.29, 1.82) is 0 Å². The zero-order chi connectivity index (χ0) is 20.4. The van der Waals surface area contributed by atoms with Crippen LogP contribution in [0.25, 0.3) is 22.2 Å². The second-order valence-electron chi connectivity index (χ2n) is 6.46. The van der Waals surface area contributed by atoms with E-state index in [1.165, 1.54) is 0 Å². The molecule has 2 aromatic heterocycles. The lowest BCUT2D eigenvalue weighted by atomic mass is 10.1. The molecule has 0 radical (unpaired) electrons. The van der Waals surface area contributed by atoms with Crippen molar-refractivity contribution in [3.63, 3.8) is 0 Å². The summed E-state index contributed by atoms with van der Waals surface area (Å²) in [4.78, 5) is 9.27. The number of ether oxygens (including phenoxy) is 3. The Kier molecular flexibility index (Phi) is 5.23. The number of hydrogen-bond acceptors (Lipinski definition) is 5. The van der Waals surface area contributed by atoms with Crippen LogP contribution in [-0.2, 0) is 0 Å². The topological polar surface area (TPSA) is 53.5 Å². The van der Waals surface area contributed by atoms with Gasteiger partial charge in [0.2, 0.25) is 5.88 Å². The molecule has 0 unspecified atom stereocenters. The summed E-state index contributed by atoms with van der Waals surface area (Å²) in [5, 5.41) is 1.60. The molecular weight excluding hydrogens is 388 g/mol. The van der Waals surface area contributed by atoms with Crippen LogP contribution in [0.3, 0.4) is 0 Å². The van der Waals surface area contributed by atoms with Crippen LogP contribution in [0.1, 0.15) is 5.69 Å². The molecule has 0 amide bonds. The second-order valence-corrected chi connectivity index (χ2v) is 6.89. The Hall–Kier alpha value is -3.31. The fourth-order valence-corrected chi connectivity index (χ4v) is 3.17. The summed E-state index contributed by atoms with van der Waals surface area (Å²) in [6.45, 7) is 1.94. The SMILES string of the molecule is COc1cc2ccc(Oc3ccc(C)nc3-c3ccc(Cl)cc3)nc2cc1OC. The third-order valence-electron chi connectivity index (χ3n) is 4.50. The lowest BCUT2D eigenvalue weighted by molar-refractivity contribution is 0.355. The van der Waals surface area contributed by atoms with E-state index < -0.39 is 0 Å². The average molecular weight is 407 g/mol. The van der Waals surface area contributed by atoms with Gasteiger partial charge < -0.3 is 14.2 Å². The number of benzene rings is 2. The van der Waals surface area contributed by atoms with Crippen molar-refractivity contribution in [3.8, 4) is 34.4 Å². The predicted molar refractivity (Wildman–Crippen MR) is 114 cm³/mol. The first kappa shape index (κ1) is 19.0. The molecule has 5 nitrogen and oxygen atoms in total. The molecule has 0 saturated heterocycles. The van der Waals surface area contributed by atoms with E-state index in [9.17, 15) is 0 Å². The molecule has 2 aromatic carbocycles. The van der Waals surface area contributed by atoms with Crippen LogP contribution in [0.5, 0.6) is 23.1 Å². The summed E-state index contributed by atoms with van der Waals surface area (Å²) in [5.41, 5.74) is 3.29. The molecule has 0 N–H and O–H groups in total. The maximum Gasteiger partial charge on any atom is 0.219 e. The second kappa shape index (κ2) is 7.97. The summed E-state index contributed by atoms with van der Waals surface area (Å²) in [5.74, 6) is 2.35. The van der Waals surface area contributed by atoms with Crippen molar-refractivity contribution in [2.24, 2.45) is 0 Å². The van der Waals surface area contributed by atoms with Crippen LogP contribution < -0.4 is 14.2 Å². The number of halogens is 1. The zero-order valence-corrected chi connectivity index (χ0v) is 17.0. The van der Waals surface area contributed by atoms with Gasteiger partial charge in [-0.1, -0.05) is 23.7 Å². The van der Waals surface area contributed by atoms with Gasteiger partial charge in [-0.3, -0.25) is 0 Å². The molecule has 29 heavy (non-hydrogen) atoms. The van der Waals surface area contributed by atoms with Crippen molar-refractivity contribution in [2.75, 3.05) is 14.2 Å². The number of aromatic nitrogens is 2. The van der Waals surface area contributed by atoms with Crippen LogP contribution in [-0.4, -0.2) is 24.2 Å². The first-order valence-corrected chi connectivity index (χ1v) is 9.39. The molecule has 146 valence electrons. The summed E-state index contributed by atoms with van der Waals surface area (Å²) in [6, 6.07) is 18.8. The van der Waals surface area contributed by atoms with Crippen molar-refractivity contribution >= 4 is 22.5 Å². The minimum absolute atomic E-state index is 0.464. The molecule has 0 aliphatic carbocycles. The quantitative estimate of drug-likeness (QED) is 0.402. The number of nitrogens with zero attached hydrogens (tertiary/aromatic N) is 2. The van der Waals surface area contributed by atoms with E-state index in [4.69, 9.17) is 25.8 Å². The van der Waals surface area contributed by atoms with Crippen molar-refractivity contribution in [2.45, 2.75) is 6.92 Å². The number of methoxy groups -OCH3 is 2. The van der Waals surface area contributed by atoms with Gasteiger partial charge in [-0.05, 0) is 43.3 Å². The van der Waals surface area contributed by atoms with Gasteiger partial charge in [0.25, 0.3) is 0 Å². The van der Waals surface area contributed by atoms with Crippen molar-refractivity contribution in [3.05, 3.63) is 71.4 Å². The Bertz CT molecular complexity index is 1180. The van der Waals surface area contributed by atoms with E-state index in [2.05, 4.69) is 9.97 Å². The van der Waals surface area contributed by atoms with E-state index >= 15 is 0 Å². The lowest BCUT2D eigenvalue weighted by Gasteiger charge is -2.12. The maximum absolute atomic E-state index is 6.11. The highest BCUT2D eigenvalue weighted by Crippen LogP contribution is 2.35. The van der Waals surface area contributed by atoms with Crippen molar-refractivity contribution < 1.29 is 14.2 Å². The molecule has 0 aliphatic heterocycles. The summed E-state index contributed by atoms with van der Waals surface area (Å²) in [7, 11) is 3.21. The van der Waals surface area contributed by atoms with Crippen molar-refractivity contribution in [1.82, 2.24) is 9.97 Å².